The molecule has 0 saturated carbocycles. The lowest BCUT2D eigenvalue weighted by molar-refractivity contribution is 0.0292. The molecule has 1 aliphatic rings. The van der Waals surface area contributed by atoms with Gasteiger partial charge < -0.3 is 14.6 Å². The van der Waals surface area contributed by atoms with Gasteiger partial charge in [-0.05, 0) is 33.3 Å². The number of likely N-dealkylation sites (tertiary alicyclic amines) is 1. The zero-order valence-electron chi connectivity index (χ0n) is 13.5. The number of nitrogens with zero attached hydrogens (tertiary/aromatic N) is 3. The number of aromatic amines is 1. The summed E-state index contributed by atoms with van der Waals surface area (Å²) >= 11 is 0. The number of H-pyrrole nitrogens is 1. The number of hydrogen-bond donors (Lipinski definition) is 1. The van der Waals surface area contributed by atoms with Crippen LogP contribution in [0.5, 0.6) is 0 Å². The lowest BCUT2D eigenvalue weighted by atomic mass is 10.00. The molecule has 7 nitrogen and oxygen atoms in total. The van der Waals surface area contributed by atoms with Gasteiger partial charge in [0, 0.05) is 37.0 Å². The Balaban J connectivity index is 1.80. The van der Waals surface area contributed by atoms with Gasteiger partial charge in [0.15, 0.2) is 5.65 Å². The third kappa shape index (κ3) is 3.33. The van der Waals surface area contributed by atoms with E-state index in [2.05, 4.69) is 15.0 Å². The predicted octanol–water partition coefficient (Wildman–Crippen LogP) is 2.04. The maximum atomic E-state index is 12.3. The second kappa shape index (κ2) is 5.64. The molecule has 1 N–H and O–H groups in total. The monoisotopic (exact) mass is 316 g/mol. The minimum atomic E-state index is -0.523. The number of fused-ring (bicyclic) bond motifs is 1. The molecule has 3 heterocycles. The van der Waals surface area contributed by atoms with E-state index in [1.807, 2.05) is 20.8 Å². The van der Waals surface area contributed by atoms with Crippen molar-refractivity contribution in [2.45, 2.75) is 38.7 Å². The highest BCUT2D eigenvalue weighted by Crippen LogP contribution is 2.27. The summed E-state index contributed by atoms with van der Waals surface area (Å²) in [6, 6.07) is 1.77. The third-order valence-corrected chi connectivity index (χ3v) is 3.79. The van der Waals surface area contributed by atoms with Crippen LogP contribution in [0.1, 0.15) is 38.7 Å². The molecule has 1 aliphatic heterocycles. The summed E-state index contributed by atoms with van der Waals surface area (Å²) in [7, 11) is 0. The Morgan fingerprint density at radius 3 is 2.83 bits per heavy atom. The minimum Gasteiger partial charge on any atom is -0.444 e. The number of amides is 1. The number of carbonyl (C=O) groups excluding carboxylic acids is 1. The van der Waals surface area contributed by atoms with Gasteiger partial charge in [-0.1, -0.05) is 0 Å². The third-order valence-electron chi connectivity index (χ3n) is 3.79. The van der Waals surface area contributed by atoms with E-state index in [1.165, 1.54) is 6.20 Å². The van der Waals surface area contributed by atoms with Gasteiger partial charge in [-0.25, -0.2) is 9.78 Å². The highest BCUT2D eigenvalue weighted by atomic mass is 16.6. The summed E-state index contributed by atoms with van der Waals surface area (Å²) in [5, 5.41) is 0. The summed E-state index contributed by atoms with van der Waals surface area (Å²) in [4.78, 5) is 37.1. The second-order valence-electron chi connectivity index (χ2n) is 6.76. The number of pyridine rings is 1. The van der Waals surface area contributed by atoms with Crippen molar-refractivity contribution < 1.29 is 9.53 Å². The Hall–Kier alpha value is -2.44. The van der Waals surface area contributed by atoms with E-state index in [0.717, 1.165) is 6.42 Å². The summed E-state index contributed by atoms with van der Waals surface area (Å²) < 4.78 is 5.39. The Labute approximate surface area is 133 Å². The quantitative estimate of drug-likeness (QED) is 0.870. The van der Waals surface area contributed by atoms with Crippen LogP contribution >= 0.6 is 0 Å². The van der Waals surface area contributed by atoms with E-state index in [9.17, 15) is 9.59 Å². The molecular formula is C16H20N4O3. The van der Waals surface area contributed by atoms with E-state index < -0.39 is 5.60 Å². The van der Waals surface area contributed by atoms with Crippen molar-refractivity contribution in [3.05, 3.63) is 34.4 Å². The summed E-state index contributed by atoms with van der Waals surface area (Å²) in [5.74, 6) is -0.0160. The van der Waals surface area contributed by atoms with Gasteiger partial charge in [0.25, 0.3) is 5.56 Å². The first-order chi connectivity index (χ1) is 10.8. The second-order valence-corrected chi connectivity index (χ2v) is 6.76. The number of ether oxygens (including phenoxy) is 1. The van der Waals surface area contributed by atoms with Gasteiger partial charge in [-0.15, -0.1) is 0 Å². The Morgan fingerprint density at radius 2 is 2.09 bits per heavy atom. The number of rotatable bonds is 1. The Kier molecular flexibility index (Phi) is 3.79. The first-order valence-electron chi connectivity index (χ1n) is 7.65. The molecule has 1 atom stereocenters. The van der Waals surface area contributed by atoms with E-state index in [-0.39, 0.29) is 17.6 Å². The molecular weight excluding hydrogens is 296 g/mol. The fourth-order valence-corrected chi connectivity index (χ4v) is 2.75. The number of carbonyl (C=O) groups is 1. The molecule has 1 fully saturated rings. The SMILES string of the molecule is CC(C)(C)OC(=O)N1CCC(c2cc3nccnc3[nH]c2=O)C1. The molecule has 0 radical (unpaired) electrons. The van der Waals surface area contributed by atoms with Gasteiger partial charge in [0.1, 0.15) is 11.1 Å². The van der Waals surface area contributed by atoms with Gasteiger partial charge in [-0.3, -0.25) is 9.78 Å². The molecule has 23 heavy (non-hydrogen) atoms. The minimum absolute atomic E-state index is 0.0160. The fraction of sp³-hybridized carbons (Fsp3) is 0.500. The van der Waals surface area contributed by atoms with Crippen molar-refractivity contribution in [2.75, 3.05) is 13.1 Å². The van der Waals surface area contributed by atoms with E-state index in [1.54, 1.807) is 17.2 Å². The van der Waals surface area contributed by atoms with Gasteiger partial charge in [-0.2, -0.15) is 0 Å². The molecule has 3 rings (SSSR count). The van der Waals surface area contributed by atoms with Crippen molar-refractivity contribution in [1.82, 2.24) is 19.9 Å². The molecule has 122 valence electrons. The number of aromatic nitrogens is 3. The highest BCUT2D eigenvalue weighted by Gasteiger charge is 2.31. The molecule has 1 amide bonds. The number of hydrogen-bond acceptors (Lipinski definition) is 5. The molecule has 0 aromatic carbocycles. The normalized spacial score (nSPS) is 18.4. The maximum Gasteiger partial charge on any atom is 0.410 e. The Morgan fingerprint density at radius 1 is 1.35 bits per heavy atom. The number of nitrogens with one attached hydrogen (secondary N) is 1. The van der Waals surface area contributed by atoms with Crippen molar-refractivity contribution in [1.29, 1.82) is 0 Å². The van der Waals surface area contributed by atoms with Gasteiger partial charge in [0.2, 0.25) is 0 Å². The van der Waals surface area contributed by atoms with Crippen LogP contribution in [0.2, 0.25) is 0 Å². The lowest BCUT2D eigenvalue weighted by Crippen LogP contribution is -2.35. The van der Waals surface area contributed by atoms with E-state index in [4.69, 9.17) is 4.74 Å². The smallest absolute Gasteiger partial charge is 0.410 e. The average molecular weight is 316 g/mol. The summed E-state index contributed by atoms with van der Waals surface area (Å²) in [6.07, 6.45) is 3.52. The molecule has 7 heteroatoms. The Bertz CT molecular complexity index is 794. The van der Waals surface area contributed by atoms with Crippen molar-refractivity contribution in [3.63, 3.8) is 0 Å². The van der Waals surface area contributed by atoms with Crippen LogP contribution in [-0.2, 0) is 4.74 Å². The van der Waals surface area contributed by atoms with Crippen LogP contribution in [0.3, 0.4) is 0 Å². The van der Waals surface area contributed by atoms with Gasteiger partial charge in [0.05, 0.1) is 0 Å². The van der Waals surface area contributed by atoms with Crippen LogP contribution in [0, 0.1) is 0 Å². The van der Waals surface area contributed by atoms with Crippen LogP contribution in [0.25, 0.3) is 11.2 Å². The first-order valence-corrected chi connectivity index (χ1v) is 7.65. The maximum absolute atomic E-state index is 12.3. The zero-order valence-corrected chi connectivity index (χ0v) is 13.5. The highest BCUT2D eigenvalue weighted by molar-refractivity contribution is 5.70. The molecule has 2 aromatic rings. The van der Waals surface area contributed by atoms with Crippen LogP contribution in [0.4, 0.5) is 4.79 Å². The predicted molar refractivity (Wildman–Crippen MR) is 85.3 cm³/mol. The van der Waals surface area contributed by atoms with Crippen LogP contribution < -0.4 is 5.56 Å². The zero-order chi connectivity index (χ0) is 16.6. The van der Waals surface area contributed by atoms with E-state index in [0.29, 0.717) is 29.8 Å². The van der Waals surface area contributed by atoms with Crippen molar-refractivity contribution >= 4 is 17.3 Å². The standard InChI is InChI=1S/C16H20N4O3/c1-16(2,3)23-15(22)20-7-4-10(9-20)11-8-12-13(19-14(11)21)18-6-5-17-12/h5-6,8,10H,4,7,9H2,1-3H3,(H,18,19,21). The van der Waals surface area contributed by atoms with Crippen molar-refractivity contribution in [2.24, 2.45) is 0 Å². The topological polar surface area (TPSA) is 88.2 Å². The van der Waals surface area contributed by atoms with Crippen LogP contribution in [-0.4, -0.2) is 44.6 Å². The molecule has 0 spiro atoms. The molecule has 0 aliphatic carbocycles. The summed E-state index contributed by atoms with van der Waals surface area (Å²) in [6.45, 7) is 6.57. The molecule has 2 aromatic heterocycles. The van der Waals surface area contributed by atoms with Crippen molar-refractivity contribution in [3.8, 4) is 0 Å². The molecule has 1 saturated heterocycles. The van der Waals surface area contributed by atoms with Crippen LogP contribution in [0.15, 0.2) is 23.3 Å². The van der Waals surface area contributed by atoms with Gasteiger partial charge >= 0.3 is 6.09 Å². The fourth-order valence-electron chi connectivity index (χ4n) is 2.75. The summed E-state index contributed by atoms with van der Waals surface area (Å²) in [5.41, 5.74) is 1.07. The van der Waals surface area contributed by atoms with E-state index >= 15 is 0 Å². The molecule has 1 unspecified atom stereocenters. The largest absolute Gasteiger partial charge is 0.444 e. The lowest BCUT2D eigenvalue weighted by Gasteiger charge is -2.24. The average Bonchev–Trinajstić information content (AvgIpc) is 2.94. The molecule has 0 bridgehead atoms. The first kappa shape index (κ1) is 15.5.